The summed E-state index contributed by atoms with van der Waals surface area (Å²) in [6.45, 7) is 7.16. The van der Waals surface area contributed by atoms with Crippen molar-refractivity contribution in [3.63, 3.8) is 0 Å². The van der Waals surface area contributed by atoms with Gasteiger partial charge in [-0.05, 0) is 39.2 Å². The number of hydrogen-bond acceptors (Lipinski definition) is 4. The van der Waals surface area contributed by atoms with E-state index in [0.29, 0.717) is 18.9 Å². The Bertz CT molecular complexity index is 413. The highest BCUT2D eigenvalue weighted by atomic mass is 16.5. The van der Waals surface area contributed by atoms with E-state index in [-0.39, 0.29) is 0 Å². The van der Waals surface area contributed by atoms with Crippen LogP contribution in [0.3, 0.4) is 0 Å². The zero-order valence-corrected chi connectivity index (χ0v) is 11.8. The van der Waals surface area contributed by atoms with Crippen LogP contribution in [-0.4, -0.2) is 30.9 Å². The first-order chi connectivity index (χ1) is 8.19. The van der Waals surface area contributed by atoms with E-state index >= 15 is 0 Å². The van der Waals surface area contributed by atoms with Gasteiger partial charge >= 0.3 is 7.48 Å². The quantitative estimate of drug-likeness (QED) is 0.600. The number of nitrogen functional groups attached to an aromatic ring is 1. The predicted molar refractivity (Wildman–Crippen MR) is 75.7 cm³/mol. The second-order valence-corrected chi connectivity index (χ2v) is 5.40. The van der Waals surface area contributed by atoms with Gasteiger partial charge in [0.1, 0.15) is 5.75 Å². The van der Waals surface area contributed by atoms with Crippen LogP contribution < -0.4 is 15.9 Å². The Balaban J connectivity index is 2.85. The molecule has 0 heterocycles. The maximum absolute atomic E-state index is 10.0. The summed E-state index contributed by atoms with van der Waals surface area (Å²) in [5.41, 5.74) is 5.69. The van der Waals surface area contributed by atoms with Crippen LogP contribution in [-0.2, 0) is 4.65 Å². The molecule has 0 aliphatic heterocycles. The summed E-state index contributed by atoms with van der Waals surface area (Å²) in [5, 5.41) is 10.0. The zero-order valence-electron chi connectivity index (χ0n) is 11.8. The lowest BCUT2D eigenvalue weighted by Crippen LogP contribution is -2.49. The molecule has 1 rings (SSSR count). The van der Waals surface area contributed by atoms with Crippen LogP contribution in [0.2, 0.25) is 0 Å². The van der Waals surface area contributed by atoms with Crippen LogP contribution >= 0.6 is 0 Å². The molecule has 0 aliphatic rings. The molecule has 0 amide bonds. The molecule has 5 heteroatoms. The van der Waals surface area contributed by atoms with Gasteiger partial charge in [-0.25, -0.2) is 0 Å². The largest absolute Gasteiger partial charge is 0.495 e. The molecule has 0 spiro atoms. The van der Waals surface area contributed by atoms with E-state index in [1.165, 1.54) is 0 Å². The van der Waals surface area contributed by atoms with Gasteiger partial charge in [-0.2, -0.15) is 0 Å². The molecule has 4 nitrogen and oxygen atoms in total. The van der Waals surface area contributed by atoms with E-state index in [9.17, 15) is 5.11 Å². The average Bonchev–Trinajstić information content (AvgIpc) is 2.25. The predicted octanol–water partition coefficient (Wildman–Crippen LogP) is 0.820. The van der Waals surface area contributed by atoms with Crippen LogP contribution in [0.4, 0.5) is 5.69 Å². The van der Waals surface area contributed by atoms with E-state index in [0.717, 1.165) is 5.46 Å². The second-order valence-electron chi connectivity index (χ2n) is 5.40. The molecule has 0 saturated heterocycles. The Kier molecular flexibility index (Phi) is 4.30. The van der Waals surface area contributed by atoms with E-state index in [1.54, 1.807) is 27.0 Å². The second kappa shape index (κ2) is 5.20. The number of nitrogens with two attached hydrogens (primary N) is 1. The highest BCUT2D eigenvalue weighted by Crippen LogP contribution is 2.25. The lowest BCUT2D eigenvalue weighted by molar-refractivity contribution is -0.0893. The molecule has 1 aromatic rings. The summed E-state index contributed by atoms with van der Waals surface area (Å²) in [7, 11) is 1.92. The van der Waals surface area contributed by atoms with Crippen molar-refractivity contribution in [2.75, 3.05) is 12.8 Å². The van der Waals surface area contributed by atoms with Gasteiger partial charge in [-0.3, -0.25) is 0 Å². The van der Waals surface area contributed by atoms with Gasteiger partial charge in [0, 0.05) is 0 Å². The Morgan fingerprint density at radius 3 is 2.33 bits per heavy atom. The summed E-state index contributed by atoms with van der Waals surface area (Å²) < 4.78 is 11.1. The van der Waals surface area contributed by atoms with Crippen molar-refractivity contribution >= 4 is 18.6 Å². The van der Waals surface area contributed by atoms with Gasteiger partial charge in [0.05, 0.1) is 24.0 Å². The number of hydrogen-bond donors (Lipinski definition) is 2. The third-order valence-electron chi connectivity index (χ3n) is 3.39. The maximum Gasteiger partial charge on any atom is 0.313 e. The smallest absolute Gasteiger partial charge is 0.313 e. The monoisotopic (exact) mass is 251 g/mol. The highest BCUT2D eigenvalue weighted by molar-refractivity contribution is 6.48. The number of methoxy groups -OCH3 is 1. The molecule has 0 radical (unpaired) electrons. The van der Waals surface area contributed by atoms with Crippen molar-refractivity contribution in [1.82, 2.24) is 0 Å². The fourth-order valence-corrected chi connectivity index (χ4v) is 1.40. The number of rotatable bonds is 5. The van der Waals surface area contributed by atoms with Crippen molar-refractivity contribution in [3.8, 4) is 5.75 Å². The number of aliphatic hydroxyl groups is 1. The van der Waals surface area contributed by atoms with Crippen LogP contribution in [0.1, 0.15) is 27.7 Å². The third kappa shape index (κ3) is 3.18. The molecule has 100 valence electrons. The lowest BCUT2D eigenvalue weighted by atomic mass is 9.82. The molecule has 0 unspecified atom stereocenters. The minimum absolute atomic E-state index is 0.338. The van der Waals surface area contributed by atoms with Crippen molar-refractivity contribution in [2.24, 2.45) is 0 Å². The minimum Gasteiger partial charge on any atom is -0.495 e. The topological polar surface area (TPSA) is 64.7 Å². The molecule has 0 aliphatic carbocycles. The fraction of sp³-hybridized carbons (Fsp3) is 0.538. The van der Waals surface area contributed by atoms with E-state index in [1.807, 2.05) is 26.0 Å². The fourth-order valence-electron chi connectivity index (χ4n) is 1.40. The molecular weight excluding hydrogens is 229 g/mol. The number of para-hydroxylation sites is 1. The highest BCUT2D eigenvalue weighted by Gasteiger charge is 2.35. The number of benzene rings is 1. The van der Waals surface area contributed by atoms with Crippen molar-refractivity contribution in [2.45, 2.75) is 38.9 Å². The van der Waals surface area contributed by atoms with Crippen molar-refractivity contribution in [3.05, 3.63) is 18.2 Å². The van der Waals surface area contributed by atoms with Crippen molar-refractivity contribution in [1.29, 1.82) is 0 Å². The van der Waals surface area contributed by atoms with Crippen LogP contribution in [0, 0.1) is 0 Å². The summed E-state index contributed by atoms with van der Waals surface area (Å²) in [5.74, 6) is 0.629. The zero-order chi connectivity index (χ0) is 14.0. The summed E-state index contributed by atoms with van der Waals surface area (Å²) >= 11 is 0. The molecule has 18 heavy (non-hydrogen) atoms. The maximum atomic E-state index is 10.0. The Labute approximate surface area is 109 Å². The van der Waals surface area contributed by atoms with E-state index in [4.69, 9.17) is 15.1 Å². The summed E-state index contributed by atoms with van der Waals surface area (Å²) in [6.07, 6.45) is 0. The molecular formula is C13H22BNO3. The van der Waals surface area contributed by atoms with Gasteiger partial charge in [0.25, 0.3) is 0 Å². The van der Waals surface area contributed by atoms with Gasteiger partial charge in [0.15, 0.2) is 0 Å². The first-order valence-corrected chi connectivity index (χ1v) is 5.97. The van der Waals surface area contributed by atoms with Gasteiger partial charge in [-0.1, -0.05) is 12.1 Å². The first-order valence-electron chi connectivity index (χ1n) is 5.97. The molecule has 1 aromatic carbocycles. The molecule has 3 N–H and O–H groups in total. The Morgan fingerprint density at radius 2 is 1.83 bits per heavy atom. The van der Waals surface area contributed by atoms with Crippen LogP contribution in [0.25, 0.3) is 0 Å². The standard InChI is InChI=1S/C13H22BNO3/c1-12(2,16)13(3,4)18-14-9-7-6-8-10(15)11(9)17-5/h6-8,14,16H,15H2,1-5H3. The molecule has 0 bridgehead atoms. The van der Waals surface area contributed by atoms with Crippen LogP contribution in [0.15, 0.2) is 18.2 Å². The van der Waals surface area contributed by atoms with Crippen molar-refractivity contribution < 1.29 is 14.5 Å². The summed E-state index contributed by atoms with van der Waals surface area (Å²) in [6, 6.07) is 5.53. The van der Waals surface area contributed by atoms with Gasteiger partial charge < -0.3 is 20.2 Å². The molecule has 0 saturated carbocycles. The van der Waals surface area contributed by atoms with Gasteiger partial charge in [0.2, 0.25) is 0 Å². The molecule has 0 atom stereocenters. The normalized spacial score (nSPS) is 12.3. The van der Waals surface area contributed by atoms with Gasteiger partial charge in [-0.15, -0.1) is 0 Å². The first kappa shape index (κ1) is 14.9. The summed E-state index contributed by atoms with van der Waals surface area (Å²) in [4.78, 5) is 0. The van der Waals surface area contributed by atoms with Crippen LogP contribution in [0.5, 0.6) is 5.75 Å². The Hall–Kier alpha value is -1.20. The average molecular weight is 251 g/mol. The minimum atomic E-state index is -0.930. The SMILES string of the molecule is COc1c(N)cccc1BOC(C)(C)C(C)(C)O. The Morgan fingerprint density at radius 1 is 1.22 bits per heavy atom. The number of ether oxygens (including phenoxy) is 1. The lowest BCUT2D eigenvalue weighted by Gasteiger charge is -2.37. The van der Waals surface area contributed by atoms with E-state index < -0.39 is 11.2 Å². The number of anilines is 1. The van der Waals surface area contributed by atoms with E-state index in [2.05, 4.69) is 0 Å². The third-order valence-corrected chi connectivity index (χ3v) is 3.39. The molecule has 0 aromatic heterocycles. The molecule has 0 fully saturated rings.